The first-order chi connectivity index (χ1) is 11.1. The summed E-state index contributed by atoms with van der Waals surface area (Å²) in [7, 11) is 0. The van der Waals surface area contributed by atoms with Crippen LogP contribution in [0.4, 0.5) is 0 Å². The summed E-state index contributed by atoms with van der Waals surface area (Å²) < 4.78 is 6.62. The number of nitrogens with one attached hydrogen (secondary N) is 1. The molecule has 5 heteroatoms. The average Bonchev–Trinajstić information content (AvgIpc) is 2.55. The molecule has 0 radical (unpaired) electrons. The highest BCUT2D eigenvalue weighted by Crippen LogP contribution is 2.21. The van der Waals surface area contributed by atoms with Crippen molar-refractivity contribution in [3.05, 3.63) is 69.2 Å². The minimum absolute atomic E-state index is 0.0489. The highest BCUT2D eigenvalue weighted by Gasteiger charge is 2.10. The Kier molecular flexibility index (Phi) is 7.09. The lowest BCUT2D eigenvalue weighted by atomic mass is 10.1. The van der Waals surface area contributed by atoms with Crippen molar-refractivity contribution in [3.8, 4) is 0 Å². The summed E-state index contributed by atoms with van der Waals surface area (Å²) >= 11 is 9.38. The minimum Gasteiger partial charge on any atom is -0.374 e. The van der Waals surface area contributed by atoms with Gasteiger partial charge in [-0.05, 0) is 37.1 Å². The number of hydrogen-bond donors (Lipinski definition) is 1. The first-order valence-electron chi connectivity index (χ1n) is 7.47. The second kappa shape index (κ2) is 9.06. The smallest absolute Gasteiger partial charge is 0.252 e. The Morgan fingerprint density at radius 1 is 1.26 bits per heavy atom. The lowest BCUT2D eigenvalue weighted by Gasteiger charge is -2.13. The minimum atomic E-state index is -0.168. The Labute approximate surface area is 150 Å². The van der Waals surface area contributed by atoms with Gasteiger partial charge in [0.25, 0.3) is 5.91 Å². The van der Waals surface area contributed by atoms with Crippen molar-refractivity contribution in [2.24, 2.45) is 0 Å². The fraction of sp³-hybridized carbons (Fsp3) is 0.278. The van der Waals surface area contributed by atoms with Gasteiger partial charge in [-0.2, -0.15) is 0 Å². The molecule has 3 nitrogen and oxygen atoms in total. The van der Waals surface area contributed by atoms with Crippen molar-refractivity contribution >= 4 is 33.4 Å². The van der Waals surface area contributed by atoms with E-state index in [0.717, 1.165) is 16.5 Å². The molecule has 0 saturated carbocycles. The molecule has 0 aromatic heterocycles. The van der Waals surface area contributed by atoms with Crippen LogP contribution in [-0.2, 0) is 4.74 Å². The van der Waals surface area contributed by atoms with Crippen LogP contribution in [0.15, 0.2) is 53.0 Å². The van der Waals surface area contributed by atoms with E-state index in [2.05, 4.69) is 21.2 Å². The van der Waals surface area contributed by atoms with E-state index < -0.39 is 0 Å². The van der Waals surface area contributed by atoms with E-state index >= 15 is 0 Å². The van der Waals surface area contributed by atoms with Crippen LogP contribution < -0.4 is 5.32 Å². The summed E-state index contributed by atoms with van der Waals surface area (Å²) in [5.41, 5.74) is 1.63. The molecule has 0 bridgehead atoms. The van der Waals surface area contributed by atoms with Crippen molar-refractivity contribution in [2.75, 3.05) is 13.2 Å². The SMILES string of the molecule is CC(OCCCNC(=O)c1ccc(Br)cc1Cl)c1ccccc1. The second-order valence-corrected chi connectivity index (χ2v) is 6.48. The van der Waals surface area contributed by atoms with Crippen LogP contribution >= 0.6 is 27.5 Å². The number of amides is 1. The van der Waals surface area contributed by atoms with Gasteiger partial charge in [0, 0.05) is 17.6 Å². The number of rotatable bonds is 7. The summed E-state index contributed by atoms with van der Waals surface area (Å²) in [5, 5.41) is 3.29. The Balaban J connectivity index is 1.70. The maximum absolute atomic E-state index is 12.0. The van der Waals surface area contributed by atoms with E-state index in [-0.39, 0.29) is 12.0 Å². The van der Waals surface area contributed by atoms with Crippen molar-refractivity contribution in [2.45, 2.75) is 19.4 Å². The molecule has 1 N–H and O–H groups in total. The van der Waals surface area contributed by atoms with Gasteiger partial charge in [-0.3, -0.25) is 4.79 Å². The normalized spacial score (nSPS) is 12.0. The van der Waals surface area contributed by atoms with Crippen LogP contribution in [0, 0.1) is 0 Å². The summed E-state index contributed by atoms with van der Waals surface area (Å²) in [4.78, 5) is 12.0. The van der Waals surface area contributed by atoms with Crippen LogP contribution in [0.5, 0.6) is 0 Å². The molecule has 1 atom stereocenters. The van der Waals surface area contributed by atoms with E-state index in [9.17, 15) is 4.79 Å². The maximum atomic E-state index is 12.0. The van der Waals surface area contributed by atoms with Crippen molar-refractivity contribution in [1.29, 1.82) is 0 Å². The maximum Gasteiger partial charge on any atom is 0.252 e. The number of hydrogen-bond acceptors (Lipinski definition) is 2. The van der Waals surface area contributed by atoms with Crippen LogP contribution in [0.1, 0.15) is 35.4 Å². The predicted octanol–water partition coefficient (Wildman–Crippen LogP) is 5.00. The topological polar surface area (TPSA) is 38.3 Å². The zero-order valence-corrected chi connectivity index (χ0v) is 15.2. The number of ether oxygens (including phenoxy) is 1. The highest BCUT2D eigenvalue weighted by atomic mass is 79.9. The first-order valence-corrected chi connectivity index (χ1v) is 8.65. The largest absolute Gasteiger partial charge is 0.374 e. The molecule has 0 spiro atoms. The zero-order valence-electron chi connectivity index (χ0n) is 12.9. The third-order valence-electron chi connectivity index (χ3n) is 3.42. The number of carbonyl (C=O) groups is 1. The van der Waals surface area contributed by atoms with Crippen molar-refractivity contribution in [1.82, 2.24) is 5.32 Å². The standard InChI is InChI=1S/C18H19BrClNO2/c1-13(14-6-3-2-4-7-14)23-11-5-10-21-18(22)16-9-8-15(19)12-17(16)20/h2-4,6-9,12-13H,5,10-11H2,1H3,(H,21,22). The van der Waals surface area contributed by atoms with E-state index in [1.165, 1.54) is 0 Å². The summed E-state index contributed by atoms with van der Waals surface area (Å²) in [6.07, 6.45) is 0.796. The van der Waals surface area contributed by atoms with E-state index in [1.807, 2.05) is 37.3 Å². The van der Waals surface area contributed by atoms with Gasteiger partial charge in [0.05, 0.1) is 16.7 Å². The first kappa shape index (κ1) is 18.0. The molecule has 0 saturated heterocycles. The zero-order chi connectivity index (χ0) is 16.7. The second-order valence-electron chi connectivity index (χ2n) is 5.16. The summed E-state index contributed by atoms with van der Waals surface area (Å²) in [6, 6.07) is 15.3. The summed E-state index contributed by atoms with van der Waals surface area (Å²) in [6.45, 7) is 3.16. The Hall–Kier alpha value is -1.36. The quantitative estimate of drug-likeness (QED) is 0.669. The van der Waals surface area contributed by atoms with Crippen LogP contribution in [0.2, 0.25) is 5.02 Å². The van der Waals surface area contributed by atoms with Gasteiger partial charge in [0.15, 0.2) is 0 Å². The molecule has 0 fully saturated rings. The molecule has 0 aliphatic heterocycles. The van der Waals surface area contributed by atoms with Gasteiger partial charge in [0.2, 0.25) is 0 Å². The Morgan fingerprint density at radius 3 is 2.70 bits per heavy atom. The number of halogens is 2. The molecular formula is C18H19BrClNO2. The van der Waals surface area contributed by atoms with E-state index in [4.69, 9.17) is 16.3 Å². The molecule has 23 heavy (non-hydrogen) atoms. The molecular weight excluding hydrogens is 378 g/mol. The highest BCUT2D eigenvalue weighted by molar-refractivity contribution is 9.10. The van der Waals surface area contributed by atoms with Gasteiger partial charge < -0.3 is 10.1 Å². The molecule has 2 aromatic carbocycles. The lowest BCUT2D eigenvalue weighted by Crippen LogP contribution is -2.25. The van der Waals surface area contributed by atoms with Gasteiger partial charge >= 0.3 is 0 Å². The van der Waals surface area contributed by atoms with Crippen LogP contribution in [0.3, 0.4) is 0 Å². The van der Waals surface area contributed by atoms with Crippen molar-refractivity contribution in [3.63, 3.8) is 0 Å². The molecule has 0 aliphatic rings. The van der Waals surface area contributed by atoms with Gasteiger partial charge in [-0.15, -0.1) is 0 Å². The molecule has 0 heterocycles. The van der Waals surface area contributed by atoms with Gasteiger partial charge in [-0.25, -0.2) is 0 Å². The monoisotopic (exact) mass is 395 g/mol. The molecule has 122 valence electrons. The van der Waals surface area contributed by atoms with E-state index in [1.54, 1.807) is 18.2 Å². The average molecular weight is 397 g/mol. The van der Waals surface area contributed by atoms with E-state index in [0.29, 0.717) is 23.7 Å². The molecule has 1 unspecified atom stereocenters. The predicted molar refractivity (Wildman–Crippen MR) is 96.9 cm³/mol. The Morgan fingerprint density at radius 2 is 2.00 bits per heavy atom. The molecule has 0 aliphatic carbocycles. The molecule has 2 rings (SSSR count). The summed E-state index contributed by atoms with van der Waals surface area (Å²) in [5.74, 6) is -0.168. The number of benzene rings is 2. The molecule has 2 aromatic rings. The third-order valence-corrected chi connectivity index (χ3v) is 4.23. The van der Waals surface area contributed by atoms with Crippen LogP contribution in [-0.4, -0.2) is 19.1 Å². The Bertz CT molecular complexity index is 649. The fourth-order valence-corrected chi connectivity index (χ4v) is 2.88. The third kappa shape index (κ3) is 5.65. The van der Waals surface area contributed by atoms with Crippen molar-refractivity contribution < 1.29 is 9.53 Å². The van der Waals surface area contributed by atoms with Gasteiger partial charge in [-0.1, -0.05) is 57.9 Å². The lowest BCUT2D eigenvalue weighted by molar-refractivity contribution is 0.0635. The number of carbonyl (C=O) groups excluding carboxylic acids is 1. The molecule has 1 amide bonds. The van der Waals surface area contributed by atoms with Crippen LogP contribution in [0.25, 0.3) is 0 Å². The fourth-order valence-electron chi connectivity index (χ4n) is 2.12. The van der Waals surface area contributed by atoms with Gasteiger partial charge in [0.1, 0.15) is 0 Å².